The van der Waals surface area contributed by atoms with Crippen LogP contribution in [-0.2, 0) is 0 Å². The second-order valence-electron chi connectivity index (χ2n) is 5.01. The maximum Gasteiger partial charge on any atom is 0.170 e. The lowest BCUT2D eigenvalue weighted by Gasteiger charge is -2.27. The zero-order valence-electron chi connectivity index (χ0n) is 10.6. The summed E-state index contributed by atoms with van der Waals surface area (Å²) in [5.41, 5.74) is -0.166. The van der Waals surface area contributed by atoms with Gasteiger partial charge in [0, 0.05) is 10.0 Å². The van der Waals surface area contributed by atoms with Crippen LogP contribution in [0.5, 0.6) is 5.75 Å². The quantitative estimate of drug-likeness (QED) is 0.912. The minimum Gasteiger partial charge on any atom is -0.491 e. The highest BCUT2D eigenvalue weighted by Crippen LogP contribution is 2.38. The van der Waals surface area contributed by atoms with Crippen LogP contribution in [0.1, 0.15) is 39.4 Å². The normalized spacial score (nSPS) is 13.6. The number of aliphatic hydroxyl groups is 1. The van der Waals surface area contributed by atoms with Gasteiger partial charge < -0.3 is 9.84 Å². The minimum absolute atomic E-state index is 0.167. The van der Waals surface area contributed by atoms with Gasteiger partial charge in [0.25, 0.3) is 0 Å². The lowest BCUT2D eigenvalue weighted by molar-refractivity contribution is 0.0589. The number of aliphatic hydroxyl groups excluding tert-OH is 1. The summed E-state index contributed by atoms with van der Waals surface area (Å²) in [4.78, 5) is 0. The van der Waals surface area contributed by atoms with E-state index in [1.165, 1.54) is 0 Å². The first-order chi connectivity index (χ1) is 7.77. The van der Waals surface area contributed by atoms with E-state index in [9.17, 15) is 9.50 Å². The van der Waals surface area contributed by atoms with Gasteiger partial charge >= 0.3 is 0 Å². The maximum atomic E-state index is 14.1. The molecule has 0 aliphatic heterocycles. The highest BCUT2D eigenvalue weighted by molar-refractivity contribution is 9.10. The van der Waals surface area contributed by atoms with Gasteiger partial charge in [0.05, 0.1) is 12.7 Å². The van der Waals surface area contributed by atoms with E-state index in [4.69, 9.17) is 4.74 Å². The molecule has 0 amide bonds. The van der Waals surface area contributed by atoms with Gasteiger partial charge in [0.1, 0.15) is 0 Å². The molecule has 96 valence electrons. The number of hydrogen-bond acceptors (Lipinski definition) is 2. The zero-order valence-corrected chi connectivity index (χ0v) is 12.1. The average molecular weight is 305 g/mol. The fraction of sp³-hybridized carbons (Fsp3) is 0.538. The van der Waals surface area contributed by atoms with E-state index in [2.05, 4.69) is 15.9 Å². The van der Waals surface area contributed by atoms with Crippen molar-refractivity contribution in [2.45, 2.75) is 33.8 Å². The van der Waals surface area contributed by atoms with Crippen molar-refractivity contribution in [3.05, 3.63) is 28.0 Å². The lowest BCUT2D eigenvalue weighted by Crippen LogP contribution is -2.19. The molecule has 0 saturated carbocycles. The molecule has 2 nitrogen and oxygen atoms in total. The number of benzene rings is 1. The maximum absolute atomic E-state index is 14.1. The zero-order chi connectivity index (χ0) is 13.2. The molecule has 0 saturated heterocycles. The van der Waals surface area contributed by atoms with E-state index in [-0.39, 0.29) is 11.3 Å². The Labute approximate surface area is 110 Å². The molecule has 0 bridgehead atoms. The van der Waals surface area contributed by atoms with Gasteiger partial charge in [0.2, 0.25) is 0 Å². The van der Waals surface area contributed by atoms with Crippen LogP contribution in [0.4, 0.5) is 4.39 Å². The van der Waals surface area contributed by atoms with E-state index in [1.54, 1.807) is 19.1 Å². The molecule has 1 aromatic carbocycles. The summed E-state index contributed by atoms with van der Waals surface area (Å²) < 4.78 is 20.0. The molecular weight excluding hydrogens is 287 g/mol. The van der Waals surface area contributed by atoms with Crippen molar-refractivity contribution in [1.82, 2.24) is 0 Å². The molecule has 1 rings (SSSR count). The SMILES string of the molecule is CCOc1cc(Br)cc(C(O)C(C)(C)C)c1F. The van der Waals surface area contributed by atoms with E-state index in [1.807, 2.05) is 20.8 Å². The molecule has 4 heteroatoms. The summed E-state index contributed by atoms with van der Waals surface area (Å²) in [5, 5.41) is 10.1. The topological polar surface area (TPSA) is 29.5 Å². The second-order valence-corrected chi connectivity index (χ2v) is 5.92. The molecule has 0 fully saturated rings. The molecule has 1 atom stereocenters. The molecule has 0 heterocycles. The van der Waals surface area contributed by atoms with E-state index < -0.39 is 17.3 Å². The van der Waals surface area contributed by atoms with Crippen molar-refractivity contribution in [3.8, 4) is 5.75 Å². The molecule has 0 radical (unpaired) electrons. The average Bonchev–Trinajstić information content (AvgIpc) is 2.21. The first kappa shape index (κ1) is 14.5. The monoisotopic (exact) mass is 304 g/mol. The second kappa shape index (κ2) is 5.36. The van der Waals surface area contributed by atoms with Gasteiger partial charge in [-0.1, -0.05) is 36.7 Å². The van der Waals surface area contributed by atoms with Crippen molar-refractivity contribution in [2.24, 2.45) is 5.41 Å². The van der Waals surface area contributed by atoms with Crippen LogP contribution in [0, 0.1) is 11.2 Å². The Bertz CT molecular complexity index is 399. The van der Waals surface area contributed by atoms with Crippen LogP contribution in [-0.4, -0.2) is 11.7 Å². The highest BCUT2D eigenvalue weighted by Gasteiger charge is 2.28. The van der Waals surface area contributed by atoms with Gasteiger partial charge in [-0.05, 0) is 24.5 Å². The van der Waals surface area contributed by atoms with Crippen LogP contribution >= 0.6 is 15.9 Å². The lowest BCUT2D eigenvalue weighted by atomic mass is 9.84. The molecule has 0 spiro atoms. The van der Waals surface area contributed by atoms with E-state index >= 15 is 0 Å². The van der Waals surface area contributed by atoms with Crippen LogP contribution in [0.2, 0.25) is 0 Å². The Balaban J connectivity index is 3.24. The Morgan fingerprint density at radius 3 is 2.47 bits per heavy atom. The van der Waals surface area contributed by atoms with Gasteiger partial charge in [-0.3, -0.25) is 0 Å². The van der Waals surface area contributed by atoms with Crippen molar-refractivity contribution in [1.29, 1.82) is 0 Å². The van der Waals surface area contributed by atoms with Crippen molar-refractivity contribution >= 4 is 15.9 Å². The standard InChI is InChI=1S/C13H18BrFO2/c1-5-17-10-7-8(14)6-9(11(10)15)12(16)13(2,3)4/h6-7,12,16H,5H2,1-4H3. The highest BCUT2D eigenvalue weighted by atomic mass is 79.9. The van der Waals surface area contributed by atoms with Gasteiger partial charge in [0.15, 0.2) is 11.6 Å². The van der Waals surface area contributed by atoms with Crippen LogP contribution in [0.3, 0.4) is 0 Å². The summed E-state index contributed by atoms with van der Waals surface area (Å²) in [6.45, 7) is 7.76. The van der Waals surface area contributed by atoms with Gasteiger partial charge in [-0.15, -0.1) is 0 Å². The van der Waals surface area contributed by atoms with E-state index in [0.29, 0.717) is 11.1 Å². The van der Waals surface area contributed by atoms with Gasteiger partial charge in [-0.25, -0.2) is 4.39 Å². The summed E-state index contributed by atoms with van der Waals surface area (Å²) >= 11 is 3.29. The van der Waals surface area contributed by atoms with Crippen molar-refractivity contribution in [2.75, 3.05) is 6.61 Å². The summed E-state index contributed by atoms with van der Waals surface area (Å²) in [5.74, 6) is -0.322. The van der Waals surface area contributed by atoms with E-state index in [0.717, 1.165) is 0 Å². The van der Waals surface area contributed by atoms with Crippen LogP contribution < -0.4 is 4.74 Å². The number of halogens is 2. The van der Waals surface area contributed by atoms with Crippen LogP contribution in [0.25, 0.3) is 0 Å². The molecule has 1 N–H and O–H groups in total. The molecule has 1 aromatic rings. The molecule has 0 aromatic heterocycles. The third-order valence-electron chi connectivity index (χ3n) is 2.45. The number of hydrogen-bond donors (Lipinski definition) is 1. The first-order valence-electron chi connectivity index (χ1n) is 5.57. The molecule has 17 heavy (non-hydrogen) atoms. The summed E-state index contributed by atoms with van der Waals surface area (Å²) in [7, 11) is 0. The molecule has 0 aliphatic rings. The summed E-state index contributed by atoms with van der Waals surface area (Å²) in [6, 6.07) is 3.16. The Kier molecular flexibility index (Phi) is 4.55. The summed E-state index contributed by atoms with van der Waals surface area (Å²) in [6.07, 6.45) is -0.876. The Morgan fingerprint density at radius 1 is 1.41 bits per heavy atom. The minimum atomic E-state index is -0.876. The molecule has 1 unspecified atom stereocenters. The molecule has 0 aliphatic carbocycles. The van der Waals surface area contributed by atoms with Crippen molar-refractivity contribution < 1.29 is 14.2 Å². The molecular formula is C13H18BrFO2. The van der Waals surface area contributed by atoms with Gasteiger partial charge in [-0.2, -0.15) is 0 Å². The predicted octanol–water partition coefficient (Wildman–Crippen LogP) is 4.07. The first-order valence-corrected chi connectivity index (χ1v) is 6.36. The third kappa shape index (κ3) is 3.42. The largest absolute Gasteiger partial charge is 0.491 e. The van der Waals surface area contributed by atoms with Crippen LogP contribution in [0.15, 0.2) is 16.6 Å². The number of rotatable bonds is 3. The Hall–Kier alpha value is -0.610. The fourth-order valence-corrected chi connectivity index (χ4v) is 1.96. The fourth-order valence-electron chi connectivity index (χ4n) is 1.51. The predicted molar refractivity (Wildman–Crippen MR) is 69.7 cm³/mol. The Morgan fingerprint density at radius 2 is 2.00 bits per heavy atom. The number of ether oxygens (including phenoxy) is 1. The smallest absolute Gasteiger partial charge is 0.170 e. The third-order valence-corrected chi connectivity index (χ3v) is 2.90. The van der Waals surface area contributed by atoms with Crippen molar-refractivity contribution in [3.63, 3.8) is 0 Å².